The van der Waals surface area contributed by atoms with Gasteiger partial charge in [-0.15, -0.1) is 0 Å². The second-order valence-electron chi connectivity index (χ2n) is 6.10. The summed E-state index contributed by atoms with van der Waals surface area (Å²) in [6, 6.07) is 15.4. The van der Waals surface area contributed by atoms with Crippen LogP contribution in [0, 0.1) is 0 Å². The van der Waals surface area contributed by atoms with Crippen LogP contribution in [0.3, 0.4) is 0 Å². The van der Waals surface area contributed by atoms with Gasteiger partial charge in [-0.2, -0.15) is 0 Å². The zero-order valence-corrected chi connectivity index (χ0v) is 16.0. The van der Waals surface area contributed by atoms with E-state index in [1.807, 2.05) is 50.2 Å². The maximum Gasteiger partial charge on any atom is 0.263 e. The lowest BCUT2D eigenvalue weighted by Crippen LogP contribution is -2.40. The molecule has 1 amide bonds. The highest BCUT2D eigenvalue weighted by Gasteiger charge is 2.22. The Morgan fingerprint density at radius 3 is 2.32 bits per heavy atom. The highest BCUT2D eigenvalue weighted by molar-refractivity contribution is 6.32. The summed E-state index contributed by atoms with van der Waals surface area (Å²) < 4.78 is 5.75. The first-order valence-corrected chi connectivity index (χ1v) is 8.76. The topological polar surface area (TPSA) is 32.8 Å². The number of halogens is 1. The maximum atomic E-state index is 12.7. The van der Waals surface area contributed by atoms with Crippen molar-refractivity contribution in [3.63, 3.8) is 0 Å². The molecular formula is C20H25ClN2O2. The molecule has 0 aromatic heterocycles. The Labute approximate surface area is 155 Å². The van der Waals surface area contributed by atoms with Gasteiger partial charge in [-0.3, -0.25) is 4.79 Å². The van der Waals surface area contributed by atoms with Gasteiger partial charge in [-0.05, 0) is 43.7 Å². The van der Waals surface area contributed by atoms with Crippen LogP contribution in [-0.4, -0.2) is 37.6 Å². The number of benzene rings is 2. The van der Waals surface area contributed by atoms with E-state index in [1.165, 1.54) is 0 Å². The molecule has 0 heterocycles. The summed E-state index contributed by atoms with van der Waals surface area (Å²) in [4.78, 5) is 16.6. The number of para-hydroxylation sites is 1. The molecular weight excluding hydrogens is 336 g/mol. The Balaban J connectivity index is 2.03. The Bertz CT molecular complexity index is 701. The first-order valence-electron chi connectivity index (χ1n) is 8.38. The predicted molar refractivity (Wildman–Crippen MR) is 103 cm³/mol. The van der Waals surface area contributed by atoms with E-state index in [0.29, 0.717) is 23.9 Å². The Morgan fingerprint density at radius 2 is 1.76 bits per heavy atom. The smallest absolute Gasteiger partial charge is 0.263 e. The quantitative estimate of drug-likeness (QED) is 0.741. The van der Waals surface area contributed by atoms with Crippen molar-refractivity contribution in [2.24, 2.45) is 0 Å². The van der Waals surface area contributed by atoms with Gasteiger partial charge in [0, 0.05) is 32.9 Å². The van der Waals surface area contributed by atoms with Crippen molar-refractivity contribution < 1.29 is 9.53 Å². The molecule has 2 aromatic carbocycles. The molecule has 2 aromatic rings. The summed E-state index contributed by atoms with van der Waals surface area (Å²) in [5, 5.41) is 0.504. The van der Waals surface area contributed by atoms with Gasteiger partial charge in [0.1, 0.15) is 5.75 Å². The molecule has 2 rings (SSSR count). The van der Waals surface area contributed by atoms with Gasteiger partial charge >= 0.3 is 0 Å². The van der Waals surface area contributed by atoms with Crippen molar-refractivity contribution in [1.82, 2.24) is 4.90 Å². The lowest BCUT2D eigenvalue weighted by molar-refractivity contribution is -0.138. The molecule has 0 bridgehead atoms. The van der Waals surface area contributed by atoms with Crippen LogP contribution in [0.5, 0.6) is 5.75 Å². The standard InChI is InChI=1S/C20H25ClN2O2/c1-5-23(14-16-10-12-17(13-11-16)22(3)4)20(24)15(2)25-19-9-7-6-8-18(19)21/h6-13,15H,5,14H2,1-4H3. The first kappa shape index (κ1) is 19.1. The average Bonchev–Trinajstić information content (AvgIpc) is 2.61. The zero-order chi connectivity index (χ0) is 18.4. The number of carbonyl (C=O) groups excluding carboxylic acids is 1. The Kier molecular flexibility index (Phi) is 6.71. The van der Waals surface area contributed by atoms with E-state index in [2.05, 4.69) is 12.1 Å². The number of rotatable bonds is 7. The van der Waals surface area contributed by atoms with Crippen molar-refractivity contribution in [3.05, 3.63) is 59.1 Å². The highest BCUT2D eigenvalue weighted by Crippen LogP contribution is 2.24. The molecule has 25 heavy (non-hydrogen) atoms. The van der Waals surface area contributed by atoms with Crippen molar-refractivity contribution >= 4 is 23.2 Å². The number of hydrogen-bond acceptors (Lipinski definition) is 3. The third-order valence-electron chi connectivity index (χ3n) is 4.01. The molecule has 0 aliphatic heterocycles. The molecule has 134 valence electrons. The molecule has 0 radical (unpaired) electrons. The van der Waals surface area contributed by atoms with Crippen LogP contribution in [0.25, 0.3) is 0 Å². The molecule has 4 nitrogen and oxygen atoms in total. The van der Waals surface area contributed by atoms with E-state index in [0.717, 1.165) is 11.3 Å². The molecule has 5 heteroatoms. The van der Waals surface area contributed by atoms with Crippen molar-refractivity contribution in [2.45, 2.75) is 26.5 Å². The van der Waals surface area contributed by atoms with E-state index in [1.54, 1.807) is 24.0 Å². The van der Waals surface area contributed by atoms with E-state index in [-0.39, 0.29) is 5.91 Å². The normalized spacial score (nSPS) is 11.7. The van der Waals surface area contributed by atoms with Crippen molar-refractivity contribution in [1.29, 1.82) is 0 Å². The molecule has 1 atom stereocenters. The minimum Gasteiger partial charge on any atom is -0.479 e. The number of amides is 1. The van der Waals surface area contributed by atoms with E-state index >= 15 is 0 Å². The number of nitrogens with zero attached hydrogens (tertiary/aromatic N) is 2. The van der Waals surface area contributed by atoms with Crippen LogP contribution >= 0.6 is 11.6 Å². The third kappa shape index (κ3) is 5.13. The van der Waals surface area contributed by atoms with Crippen molar-refractivity contribution in [3.8, 4) is 5.75 Å². The summed E-state index contributed by atoms with van der Waals surface area (Å²) in [6.45, 7) is 4.89. The minimum absolute atomic E-state index is 0.0564. The number of likely N-dealkylation sites (N-methyl/N-ethyl adjacent to an activating group) is 1. The second kappa shape index (κ2) is 8.77. The van der Waals surface area contributed by atoms with Gasteiger partial charge < -0.3 is 14.5 Å². The zero-order valence-electron chi connectivity index (χ0n) is 15.2. The molecule has 0 fully saturated rings. The lowest BCUT2D eigenvalue weighted by atomic mass is 10.1. The van der Waals surface area contributed by atoms with Crippen LogP contribution in [0.1, 0.15) is 19.4 Å². The van der Waals surface area contributed by atoms with Gasteiger partial charge in [0.2, 0.25) is 0 Å². The summed E-state index contributed by atoms with van der Waals surface area (Å²) in [7, 11) is 4.01. The van der Waals surface area contributed by atoms with Gasteiger partial charge in [-0.1, -0.05) is 35.9 Å². The summed E-state index contributed by atoms with van der Waals surface area (Å²) in [5.41, 5.74) is 2.22. The largest absolute Gasteiger partial charge is 0.479 e. The minimum atomic E-state index is -0.596. The van der Waals surface area contributed by atoms with Crippen LogP contribution in [0.4, 0.5) is 5.69 Å². The monoisotopic (exact) mass is 360 g/mol. The Morgan fingerprint density at radius 1 is 1.12 bits per heavy atom. The van der Waals surface area contributed by atoms with Crippen LogP contribution in [0.2, 0.25) is 5.02 Å². The predicted octanol–water partition coefficient (Wildman–Crippen LogP) is 4.22. The highest BCUT2D eigenvalue weighted by atomic mass is 35.5. The average molecular weight is 361 g/mol. The number of anilines is 1. The first-order chi connectivity index (χ1) is 11.9. The third-order valence-corrected chi connectivity index (χ3v) is 4.32. The molecule has 0 N–H and O–H groups in total. The molecule has 0 saturated heterocycles. The van der Waals surface area contributed by atoms with Crippen LogP contribution < -0.4 is 9.64 Å². The summed E-state index contributed by atoms with van der Waals surface area (Å²) in [5.74, 6) is 0.468. The van der Waals surface area contributed by atoms with E-state index in [9.17, 15) is 4.79 Å². The molecule has 0 spiro atoms. The van der Waals surface area contributed by atoms with Crippen molar-refractivity contribution in [2.75, 3.05) is 25.5 Å². The van der Waals surface area contributed by atoms with Gasteiger partial charge in [-0.25, -0.2) is 0 Å². The van der Waals surface area contributed by atoms with E-state index < -0.39 is 6.10 Å². The SMILES string of the molecule is CCN(Cc1ccc(N(C)C)cc1)C(=O)C(C)Oc1ccccc1Cl. The lowest BCUT2D eigenvalue weighted by Gasteiger charge is -2.25. The van der Waals surface area contributed by atoms with Gasteiger partial charge in [0.05, 0.1) is 5.02 Å². The second-order valence-corrected chi connectivity index (χ2v) is 6.51. The summed E-state index contributed by atoms with van der Waals surface area (Å²) in [6.07, 6.45) is -0.596. The molecule has 0 aliphatic rings. The fraction of sp³-hybridized carbons (Fsp3) is 0.350. The van der Waals surface area contributed by atoms with Gasteiger partial charge in [0.15, 0.2) is 6.10 Å². The molecule has 1 unspecified atom stereocenters. The van der Waals surface area contributed by atoms with E-state index in [4.69, 9.17) is 16.3 Å². The maximum absolute atomic E-state index is 12.7. The fourth-order valence-electron chi connectivity index (χ4n) is 2.50. The number of ether oxygens (including phenoxy) is 1. The summed E-state index contributed by atoms with van der Waals surface area (Å²) >= 11 is 6.10. The molecule has 0 saturated carbocycles. The molecule has 0 aliphatic carbocycles. The van der Waals surface area contributed by atoms with Crippen LogP contribution in [0.15, 0.2) is 48.5 Å². The van der Waals surface area contributed by atoms with Gasteiger partial charge in [0.25, 0.3) is 5.91 Å². The Hall–Kier alpha value is -2.20. The van der Waals surface area contributed by atoms with Crippen LogP contribution in [-0.2, 0) is 11.3 Å². The number of hydrogen-bond donors (Lipinski definition) is 0. The number of carbonyl (C=O) groups is 1. The fourth-order valence-corrected chi connectivity index (χ4v) is 2.68.